The predicted molar refractivity (Wildman–Crippen MR) is 113 cm³/mol. The maximum Gasteiger partial charge on any atom is 0.245 e. The quantitative estimate of drug-likeness (QED) is 0.785. The maximum atomic E-state index is 12.9. The van der Waals surface area contributed by atoms with Gasteiger partial charge in [0.1, 0.15) is 6.04 Å². The monoisotopic (exact) mass is 425 g/mol. The molecule has 3 fully saturated rings. The summed E-state index contributed by atoms with van der Waals surface area (Å²) < 4.78 is 0. The molecule has 5 nitrogen and oxygen atoms in total. The molecule has 1 aromatic carbocycles. The Labute approximate surface area is 177 Å². The van der Waals surface area contributed by atoms with E-state index in [2.05, 4.69) is 9.80 Å². The first kappa shape index (κ1) is 20.3. The van der Waals surface area contributed by atoms with E-state index >= 15 is 0 Å². The minimum absolute atomic E-state index is 0.160. The lowest BCUT2D eigenvalue weighted by Crippen LogP contribution is -2.56. The third-order valence-electron chi connectivity index (χ3n) is 6.84. The molecule has 1 spiro atoms. The van der Waals surface area contributed by atoms with Crippen molar-refractivity contribution >= 4 is 34.8 Å². The molecule has 1 saturated carbocycles. The van der Waals surface area contributed by atoms with Crippen LogP contribution in [-0.2, 0) is 4.79 Å². The van der Waals surface area contributed by atoms with E-state index in [1.165, 1.54) is 12.8 Å². The van der Waals surface area contributed by atoms with Gasteiger partial charge in [-0.3, -0.25) is 4.79 Å². The second-order valence-electron chi connectivity index (χ2n) is 8.58. The zero-order chi connectivity index (χ0) is 19.9. The molecule has 2 atom stereocenters. The van der Waals surface area contributed by atoms with Gasteiger partial charge in [-0.2, -0.15) is 0 Å². The number of hydrogen-bond donors (Lipinski definition) is 1. The van der Waals surface area contributed by atoms with E-state index in [4.69, 9.17) is 23.2 Å². The van der Waals surface area contributed by atoms with Crippen molar-refractivity contribution in [2.75, 3.05) is 44.2 Å². The largest absolute Gasteiger partial charge is 0.391 e. The van der Waals surface area contributed by atoms with Crippen LogP contribution < -0.4 is 4.90 Å². The molecule has 2 saturated heterocycles. The zero-order valence-electron chi connectivity index (χ0n) is 16.4. The number of benzene rings is 1. The predicted octanol–water partition coefficient (Wildman–Crippen LogP) is 3.27. The second-order valence-corrected chi connectivity index (χ2v) is 9.39. The van der Waals surface area contributed by atoms with Crippen LogP contribution in [0.4, 0.5) is 5.69 Å². The molecule has 1 aliphatic carbocycles. The first-order valence-corrected chi connectivity index (χ1v) is 11.1. The lowest BCUT2D eigenvalue weighted by Gasteiger charge is -2.41. The van der Waals surface area contributed by atoms with Crippen molar-refractivity contribution < 1.29 is 9.90 Å². The molecule has 1 aromatic rings. The van der Waals surface area contributed by atoms with Crippen molar-refractivity contribution in [1.29, 1.82) is 0 Å². The highest BCUT2D eigenvalue weighted by atomic mass is 35.5. The van der Waals surface area contributed by atoms with Gasteiger partial charge in [0.2, 0.25) is 5.91 Å². The van der Waals surface area contributed by atoms with E-state index in [9.17, 15) is 9.90 Å². The molecule has 154 valence electrons. The smallest absolute Gasteiger partial charge is 0.245 e. The van der Waals surface area contributed by atoms with Crippen molar-refractivity contribution in [3.05, 3.63) is 28.2 Å². The number of hydrogen-bond acceptors (Lipinski definition) is 4. The van der Waals surface area contributed by atoms with Gasteiger partial charge in [-0.25, -0.2) is 0 Å². The van der Waals surface area contributed by atoms with Crippen LogP contribution in [0.15, 0.2) is 18.2 Å². The van der Waals surface area contributed by atoms with Gasteiger partial charge in [-0.15, -0.1) is 0 Å². The third-order valence-corrected chi connectivity index (χ3v) is 7.58. The summed E-state index contributed by atoms with van der Waals surface area (Å²) >= 11 is 12.2. The highest BCUT2D eigenvalue weighted by Gasteiger charge is 2.51. The van der Waals surface area contributed by atoms with E-state index in [0.717, 1.165) is 57.8 Å². The molecule has 28 heavy (non-hydrogen) atoms. The molecule has 2 aliphatic heterocycles. The molecule has 4 rings (SSSR count). The van der Waals surface area contributed by atoms with E-state index in [1.54, 1.807) is 6.07 Å². The van der Waals surface area contributed by atoms with Crippen LogP contribution >= 0.6 is 23.2 Å². The van der Waals surface area contributed by atoms with Crippen molar-refractivity contribution in [3.63, 3.8) is 0 Å². The number of halogens is 2. The Morgan fingerprint density at radius 3 is 2.57 bits per heavy atom. The van der Waals surface area contributed by atoms with E-state index in [1.807, 2.05) is 24.0 Å². The van der Waals surface area contributed by atoms with Crippen LogP contribution in [-0.4, -0.2) is 72.2 Å². The number of carbonyl (C=O) groups excluding carboxylic acids is 1. The fourth-order valence-electron chi connectivity index (χ4n) is 4.68. The molecule has 1 amide bonds. The molecule has 0 unspecified atom stereocenters. The van der Waals surface area contributed by atoms with Crippen molar-refractivity contribution in [2.24, 2.45) is 5.41 Å². The number of aliphatic hydroxyl groups excluding tert-OH is 1. The highest BCUT2D eigenvalue weighted by molar-refractivity contribution is 6.42. The van der Waals surface area contributed by atoms with Crippen LogP contribution in [0.3, 0.4) is 0 Å². The number of piperidine rings is 1. The second kappa shape index (κ2) is 8.02. The number of likely N-dealkylation sites (tertiary alicyclic amines) is 1. The minimum Gasteiger partial charge on any atom is -0.391 e. The van der Waals surface area contributed by atoms with Gasteiger partial charge in [-0.05, 0) is 69.3 Å². The molecule has 0 bridgehead atoms. The van der Waals surface area contributed by atoms with Crippen LogP contribution in [0.25, 0.3) is 0 Å². The minimum atomic E-state index is -0.211. The number of carbonyl (C=O) groups is 1. The van der Waals surface area contributed by atoms with Gasteiger partial charge in [-0.1, -0.05) is 23.2 Å². The fourth-order valence-corrected chi connectivity index (χ4v) is 4.97. The van der Waals surface area contributed by atoms with Gasteiger partial charge in [0, 0.05) is 31.9 Å². The molecule has 0 aromatic heterocycles. The summed E-state index contributed by atoms with van der Waals surface area (Å²) in [6.45, 7) is 7.04. The molecule has 3 aliphatic rings. The van der Waals surface area contributed by atoms with Crippen molar-refractivity contribution in [3.8, 4) is 0 Å². The average Bonchev–Trinajstić information content (AvgIpc) is 3.45. The number of piperazine rings is 1. The standard InChI is InChI=1S/C21H29Cl2N3O2/c1-15-20(28)25(11-12-26(15)16-3-4-17(22)18(23)13-16)9-2-8-24-10-7-21(5-6-21)19(27)14-24/h3-4,13,15,19,27H,2,5-12,14H2,1H3/t15-,19+/m0/s1. The Morgan fingerprint density at radius 2 is 1.89 bits per heavy atom. The van der Waals surface area contributed by atoms with Crippen LogP contribution in [0.1, 0.15) is 32.6 Å². The normalized spacial score (nSPS) is 27.5. The Kier molecular flexibility index (Phi) is 5.81. The van der Waals surface area contributed by atoms with Crippen LogP contribution in [0.5, 0.6) is 0 Å². The Balaban J connectivity index is 1.26. The number of β-amino-alcohol motifs (C(OH)–C–C–N with tert-alkyl or cyclic N) is 1. The summed E-state index contributed by atoms with van der Waals surface area (Å²) in [5.41, 5.74) is 1.19. The lowest BCUT2D eigenvalue weighted by atomic mass is 9.90. The molecule has 7 heteroatoms. The van der Waals surface area contributed by atoms with Crippen molar-refractivity contribution in [1.82, 2.24) is 9.80 Å². The van der Waals surface area contributed by atoms with Gasteiger partial charge < -0.3 is 19.8 Å². The van der Waals surface area contributed by atoms with E-state index in [0.29, 0.717) is 10.0 Å². The molecule has 1 N–H and O–H groups in total. The van der Waals surface area contributed by atoms with Gasteiger partial charge >= 0.3 is 0 Å². The van der Waals surface area contributed by atoms with Gasteiger partial charge in [0.25, 0.3) is 0 Å². The van der Waals surface area contributed by atoms with Gasteiger partial charge in [0.15, 0.2) is 0 Å². The summed E-state index contributed by atoms with van der Waals surface area (Å²) in [5.74, 6) is 0.160. The summed E-state index contributed by atoms with van der Waals surface area (Å²) in [4.78, 5) is 19.3. The molecular weight excluding hydrogens is 397 g/mol. The third kappa shape index (κ3) is 4.00. The molecule has 2 heterocycles. The summed E-state index contributed by atoms with van der Waals surface area (Å²) in [6.07, 6.45) is 4.28. The van der Waals surface area contributed by atoms with Crippen LogP contribution in [0.2, 0.25) is 10.0 Å². The first-order valence-electron chi connectivity index (χ1n) is 10.3. The number of rotatable bonds is 5. The fraction of sp³-hybridized carbons (Fsp3) is 0.667. The number of amides is 1. The maximum absolute atomic E-state index is 12.9. The van der Waals surface area contributed by atoms with Crippen LogP contribution in [0, 0.1) is 5.41 Å². The average molecular weight is 426 g/mol. The van der Waals surface area contributed by atoms with E-state index in [-0.39, 0.29) is 23.5 Å². The SMILES string of the molecule is C[C@H]1C(=O)N(CCCN2CCC3(CC3)[C@H](O)C2)CCN1c1ccc(Cl)c(Cl)c1. The number of nitrogens with zero attached hydrogens (tertiary/aromatic N) is 3. The van der Waals surface area contributed by atoms with E-state index < -0.39 is 0 Å². The Morgan fingerprint density at radius 1 is 1.11 bits per heavy atom. The number of aliphatic hydroxyl groups is 1. The Bertz CT molecular complexity index is 740. The topological polar surface area (TPSA) is 47.0 Å². The summed E-state index contributed by atoms with van der Waals surface area (Å²) in [5, 5.41) is 11.4. The highest BCUT2D eigenvalue weighted by Crippen LogP contribution is 2.53. The lowest BCUT2D eigenvalue weighted by molar-refractivity contribution is -0.134. The summed E-state index contributed by atoms with van der Waals surface area (Å²) in [6, 6.07) is 5.32. The first-order chi connectivity index (χ1) is 13.4. The molecule has 0 radical (unpaired) electrons. The van der Waals surface area contributed by atoms with Gasteiger partial charge in [0.05, 0.1) is 16.1 Å². The Hall–Kier alpha value is -1.01. The van der Waals surface area contributed by atoms with Crippen molar-refractivity contribution in [2.45, 2.75) is 44.8 Å². The summed E-state index contributed by atoms with van der Waals surface area (Å²) in [7, 11) is 0. The zero-order valence-corrected chi connectivity index (χ0v) is 17.9. The number of anilines is 1. The molecular formula is C21H29Cl2N3O2.